The average molecular weight is 177 g/mol. The summed E-state index contributed by atoms with van der Waals surface area (Å²) in [6, 6.07) is 0. The first-order valence-corrected chi connectivity index (χ1v) is 4.38. The van der Waals surface area contributed by atoms with Gasteiger partial charge in [-0.1, -0.05) is 20.4 Å². The Morgan fingerprint density at radius 2 is 2.38 bits per heavy atom. The van der Waals surface area contributed by atoms with Crippen LogP contribution in [0, 0.1) is 5.92 Å². The van der Waals surface area contributed by atoms with Gasteiger partial charge in [-0.15, -0.1) is 0 Å². The molecule has 0 saturated carbocycles. The molecule has 0 fully saturated rings. The fourth-order valence-corrected chi connectivity index (χ4v) is 1.20. The summed E-state index contributed by atoms with van der Waals surface area (Å²) in [5, 5.41) is 8.57. The molecule has 1 N–H and O–H groups in total. The number of nitrogens with zero attached hydrogens (tertiary/aromatic N) is 2. The molecule has 13 heavy (non-hydrogen) atoms. The van der Waals surface area contributed by atoms with E-state index in [9.17, 15) is 0 Å². The highest BCUT2D eigenvalue weighted by atomic mass is 15.1. The van der Waals surface area contributed by atoms with Crippen LogP contribution in [0.2, 0.25) is 0 Å². The van der Waals surface area contributed by atoms with E-state index in [2.05, 4.69) is 35.6 Å². The molecule has 1 aromatic rings. The van der Waals surface area contributed by atoms with Crippen LogP contribution in [0.1, 0.15) is 20.8 Å². The topological polar surface area (TPSA) is 41.0 Å². The van der Waals surface area contributed by atoms with Crippen LogP contribution in [0.15, 0.2) is 11.2 Å². The molecule has 1 heterocycles. The smallest absolute Gasteiger partial charge is 0.0597 e. The molecule has 0 radical (unpaired) electrons. The van der Waals surface area contributed by atoms with Crippen LogP contribution in [0.5, 0.6) is 0 Å². The fraction of sp³-hybridized carbons (Fsp3) is 0.400. The van der Waals surface area contributed by atoms with Gasteiger partial charge in [0, 0.05) is 11.4 Å². The highest BCUT2D eigenvalue weighted by Gasteiger charge is 2.02. The van der Waals surface area contributed by atoms with Gasteiger partial charge in [0.15, 0.2) is 0 Å². The number of rotatable bonds is 2. The Morgan fingerprint density at radius 1 is 1.69 bits per heavy atom. The summed E-state index contributed by atoms with van der Waals surface area (Å²) >= 11 is 0. The fourth-order valence-electron chi connectivity index (χ4n) is 1.20. The molecule has 0 aliphatic carbocycles. The van der Waals surface area contributed by atoms with Crippen molar-refractivity contribution in [2.24, 2.45) is 10.9 Å². The van der Waals surface area contributed by atoms with Crippen LogP contribution >= 0.6 is 0 Å². The van der Waals surface area contributed by atoms with E-state index < -0.39 is 0 Å². The molecule has 0 bridgehead atoms. The molecule has 1 rings (SSSR count). The van der Waals surface area contributed by atoms with E-state index >= 15 is 0 Å². The van der Waals surface area contributed by atoms with E-state index in [0.717, 1.165) is 16.3 Å². The van der Waals surface area contributed by atoms with Gasteiger partial charge in [0.2, 0.25) is 0 Å². The van der Waals surface area contributed by atoms with Crippen LogP contribution < -0.4 is 10.6 Å². The third kappa shape index (κ3) is 2.05. The summed E-state index contributed by atoms with van der Waals surface area (Å²) < 4.78 is 0. The van der Waals surface area contributed by atoms with Crippen molar-refractivity contribution in [3.63, 3.8) is 0 Å². The minimum Gasteiger partial charge on any atom is -0.278 e. The molecule has 0 unspecified atom stereocenters. The van der Waals surface area contributed by atoms with E-state index in [0.29, 0.717) is 5.92 Å². The normalized spacial score (nSPS) is 14.2. The lowest BCUT2D eigenvalue weighted by molar-refractivity contribution is 0.833. The largest absolute Gasteiger partial charge is 0.278 e. The first-order chi connectivity index (χ1) is 6.16. The third-order valence-corrected chi connectivity index (χ3v) is 1.81. The van der Waals surface area contributed by atoms with Gasteiger partial charge in [-0.2, -0.15) is 5.10 Å². The number of aromatic nitrogens is 2. The molecule has 0 atom stereocenters. The van der Waals surface area contributed by atoms with Gasteiger partial charge in [-0.25, -0.2) is 0 Å². The second kappa shape index (κ2) is 4.03. The van der Waals surface area contributed by atoms with Gasteiger partial charge >= 0.3 is 0 Å². The molecule has 0 saturated heterocycles. The summed E-state index contributed by atoms with van der Waals surface area (Å²) in [4.78, 5) is 4.32. The van der Waals surface area contributed by atoms with Crippen molar-refractivity contribution in [1.29, 1.82) is 0 Å². The molecular formula is C10H15N3. The maximum atomic E-state index is 4.32. The number of hydrogen-bond donors (Lipinski definition) is 1. The quantitative estimate of drug-likeness (QED) is 0.663. The van der Waals surface area contributed by atoms with Crippen LogP contribution in [-0.4, -0.2) is 16.4 Å². The molecule has 1 aromatic heterocycles. The highest BCUT2D eigenvalue weighted by molar-refractivity contribution is 5.63. The van der Waals surface area contributed by atoms with Gasteiger partial charge in [0.05, 0.1) is 17.2 Å². The SMILES string of the molecule is C=c1[nH]nc/c1=C(/N=C\C)C(C)C. The molecule has 0 amide bonds. The Hall–Kier alpha value is -1.38. The summed E-state index contributed by atoms with van der Waals surface area (Å²) in [5.74, 6) is 0.384. The summed E-state index contributed by atoms with van der Waals surface area (Å²) in [6.07, 6.45) is 3.56. The molecule has 3 nitrogen and oxygen atoms in total. The predicted octanol–water partition coefficient (Wildman–Crippen LogP) is 0.675. The van der Waals surface area contributed by atoms with Crippen LogP contribution in [0.4, 0.5) is 0 Å². The zero-order valence-electron chi connectivity index (χ0n) is 8.33. The molecular weight excluding hydrogens is 162 g/mol. The van der Waals surface area contributed by atoms with Gasteiger partial charge in [0.1, 0.15) is 0 Å². The molecule has 0 aromatic carbocycles. The summed E-state index contributed by atoms with van der Waals surface area (Å²) in [7, 11) is 0. The van der Waals surface area contributed by atoms with Crippen molar-refractivity contribution in [1.82, 2.24) is 10.2 Å². The highest BCUT2D eigenvalue weighted by Crippen LogP contribution is 2.08. The van der Waals surface area contributed by atoms with Crippen molar-refractivity contribution in [2.75, 3.05) is 0 Å². The van der Waals surface area contributed by atoms with Crippen LogP contribution in [-0.2, 0) is 0 Å². The van der Waals surface area contributed by atoms with E-state index in [1.807, 2.05) is 6.92 Å². The number of aromatic amines is 1. The third-order valence-electron chi connectivity index (χ3n) is 1.81. The van der Waals surface area contributed by atoms with E-state index in [4.69, 9.17) is 0 Å². The van der Waals surface area contributed by atoms with E-state index in [1.165, 1.54) is 0 Å². The standard InChI is InChI=1S/C10H15N3/c1-5-11-10(7(2)3)9-6-12-13-8(9)4/h5-7,13H,4H2,1-3H3/b10-9-,11-5-. The molecule has 3 heteroatoms. The molecule has 0 aliphatic rings. The summed E-state index contributed by atoms with van der Waals surface area (Å²) in [6.45, 7) is 9.97. The van der Waals surface area contributed by atoms with Crippen molar-refractivity contribution < 1.29 is 0 Å². The Balaban J connectivity index is 3.43. The second-order valence-electron chi connectivity index (χ2n) is 3.19. The molecule has 0 aliphatic heterocycles. The Labute approximate surface area is 77.9 Å². The number of nitrogens with one attached hydrogen (secondary N) is 1. The lowest BCUT2D eigenvalue weighted by atomic mass is 10.1. The van der Waals surface area contributed by atoms with Gasteiger partial charge in [0.25, 0.3) is 0 Å². The van der Waals surface area contributed by atoms with Crippen molar-refractivity contribution in [3.8, 4) is 0 Å². The minimum absolute atomic E-state index is 0.384. The monoisotopic (exact) mass is 177 g/mol. The Morgan fingerprint density at radius 3 is 2.77 bits per heavy atom. The number of aliphatic imine (C=N–C) groups is 1. The average Bonchev–Trinajstić information content (AvgIpc) is 2.47. The number of hydrogen-bond acceptors (Lipinski definition) is 2. The van der Waals surface area contributed by atoms with Gasteiger partial charge < -0.3 is 0 Å². The second-order valence-corrected chi connectivity index (χ2v) is 3.19. The Bertz CT molecular complexity index is 398. The van der Waals surface area contributed by atoms with Gasteiger partial charge in [-0.05, 0) is 12.8 Å². The zero-order chi connectivity index (χ0) is 9.84. The van der Waals surface area contributed by atoms with Crippen molar-refractivity contribution in [3.05, 3.63) is 16.8 Å². The van der Waals surface area contributed by atoms with E-state index in [1.54, 1.807) is 12.4 Å². The zero-order valence-corrected chi connectivity index (χ0v) is 8.33. The van der Waals surface area contributed by atoms with Crippen LogP contribution in [0.25, 0.3) is 12.3 Å². The maximum Gasteiger partial charge on any atom is 0.0597 e. The minimum atomic E-state index is 0.384. The predicted molar refractivity (Wildman–Crippen MR) is 55.8 cm³/mol. The summed E-state index contributed by atoms with van der Waals surface area (Å²) in [5.41, 5.74) is 1.03. The first kappa shape index (κ1) is 9.71. The van der Waals surface area contributed by atoms with Crippen molar-refractivity contribution in [2.45, 2.75) is 20.8 Å². The van der Waals surface area contributed by atoms with Crippen molar-refractivity contribution >= 4 is 18.5 Å². The van der Waals surface area contributed by atoms with Gasteiger partial charge in [-0.3, -0.25) is 10.1 Å². The van der Waals surface area contributed by atoms with E-state index in [-0.39, 0.29) is 0 Å². The Kier molecular flexibility index (Phi) is 3.01. The maximum absolute atomic E-state index is 4.32. The lowest BCUT2D eigenvalue weighted by Crippen LogP contribution is -2.24. The first-order valence-electron chi connectivity index (χ1n) is 4.38. The lowest BCUT2D eigenvalue weighted by Gasteiger charge is -2.03. The molecule has 0 spiro atoms. The van der Waals surface area contributed by atoms with Crippen LogP contribution in [0.3, 0.4) is 0 Å². The number of H-pyrrole nitrogens is 1. The molecule has 70 valence electrons.